The standard InChI is InChI=1S/C14H22N2.C12H16N4S.C6H14N2/c1-15-10-12-16(13-11-15)9-5-8-14-6-3-2-4-7-14;1-15-4-2-5-16(7-6-15)11-10-3-8-17-12(10)14-9-13-11;1-7-3-5-8(2)6-4-7/h2-4,6-7H,5,8-13H2,1H3;3,8-9H,2,4-7H2,1H3;3-6H2,1-2H3. The van der Waals surface area contributed by atoms with Gasteiger partial charge in [-0.25, -0.2) is 9.97 Å². The van der Waals surface area contributed by atoms with E-state index in [0.717, 1.165) is 30.3 Å². The number of likely N-dealkylation sites (N-methyl/N-ethyl adjacent to an activating group) is 4. The average molecular weight is 581 g/mol. The monoisotopic (exact) mass is 580 g/mol. The van der Waals surface area contributed by atoms with Crippen LogP contribution in [0, 0.1) is 0 Å². The third-order valence-electron chi connectivity index (χ3n) is 8.37. The normalized spacial score (nSPS) is 20.1. The molecule has 0 amide bonds. The van der Waals surface area contributed by atoms with Gasteiger partial charge in [0.1, 0.15) is 17.0 Å². The second kappa shape index (κ2) is 17.1. The fraction of sp³-hybridized carbons (Fsp3) is 0.625. The molecule has 3 aliphatic heterocycles. The molecule has 6 rings (SSSR count). The fourth-order valence-electron chi connectivity index (χ4n) is 5.42. The number of piperazine rings is 2. The van der Waals surface area contributed by atoms with Crippen LogP contribution in [0.3, 0.4) is 0 Å². The summed E-state index contributed by atoms with van der Waals surface area (Å²) < 4.78 is 0. The van der Waals surface area contributed by atoms with Crippen LogP contribution in [0.25, 0.3) is 10.2 Å². The lowest BCUT2D eigenvalue weighted by Crippen LogP contribution is -2.44. The molecular formula is C32H52N8S. The molecule has 0 atom stereocenters. The van der Waals surface area contributed by atoms with E-state index in [1.54, 1.807) is 17.7 Å². The molecule has 3 aromatic rings. The molecule has 0 saturated carbocycles. The summed E-state index contributed by atoms with van der Waals surface area (Å²) in [6.45, 7) is 15.5. The summed E-state index contributed by atoms with van der Waals surface area (Å²) in [4.78, 5) is 24.4. The van der Waals surface area contributed by atoms with Gasteiger partial charge in [-0.2, -0.15) is 0 Å². The van der Waals surface area contributed by atoms with E-state index >= 15 is 0 Å². The summed E-state index contributed by atoms with van der Waals surface area (Å²) in [5.74, 6) is 1.10. The number of fused-ring (bicyclic) bond motifs is 1. The number of anilines is 1. The topological polar surface area (TPSA) is 45.2 Å². The number of aromatic nitrogens is 2. The quantitative estimate of drug-likeness (QED) is 0.454. The maximum atomic E-state index is 4.47. The average Bonchev–Trinajstić information content (AvgIpc) is 3.38. The van der Waals surface area contributed by atoms with Gasteiger partial charge in [0.05, 0.1) is 5.39 Å². The molecule has 0 radical (unpaired) electrons. The minimum Gasteiger partial charge on any atom is -0.355 e. The number of aryl methyl sites for hydroxylation is 1. The molecule has 5 heterocycles. The van der Waals surface area contributed by atoms with Crippen molar-refractivity contribution in [3.05, 3.63) is 53.7 Å². The van der Waals surface area contributed by atoms with Crippen LogP contribution in [-0.4, -0.2) is 148 Å². The summed E-state index contributed by atoms with van der Waals surface area (Å²) in [5.41, 5.74) is 1.47. The summed E-state index contributed by atoms with van der Waals surface area (Å²) in [7, 11) is 8.74. The van der Waals surface area contributed by atoms with Crippen LogP contribution >= 0.6 is 11.3 Å². The predicted octanol–water partition coefficient (Wildman–Crippen LogP) is 3.56. The Bertz CT molecular complexity index is 1100. The van der Waals surface area contributed by atoms with Crippen molar-refractivity contribution in [3.8, 4) is 0 Å². The summed E-state index contributed by atoms with van der Waals surface area (Å²) in [5, 5.41) is 3.29. The zero-order chi connectivity index (χ0) is 28.9. The van der Waals surface area contributed by atoms with Gasteiger partial charge in [0.2, 0.25) is 0 Å². The van der Waals surface area contributed by atoms with E-state index in [0.29, 0.717) is 0 Å². The van der Waals surface area contributed by atoms with Crippen molar-refractivity contribution < 1.29 is 0 Å². The van der Waals surface area contributed by atoms with Crippen LogP contribution in [0.1, 0.15) is 18.4 Å². The van der Waals surface area contributed by atoms with E-state index in [2.05, 4.69) is 109 Å². The molecule has 0 unspecified atom stereocenters. The molecule has 8 nitrogen and oxygen atoms in total. The van der Waals surface area contributed by atoms with Gasteiger partial charge in [0, 0.05) is 72.0 Å². The summed E-state index contributed by atoms with van der Waals surface area (Å²) in [6, 6.07) is 12.9. The molecule has 2 aromatic heterocycles. The predicted molar refractivity (Wildman–Crippen MR) is 175 cm³/mol. The zero-order valence-corrected chi connectivity index (χ0v) is 26.7. The number of thiophene rings is 1. The van der Waals surface area contributed by atoms with Gasteiger partial charge in [-0.3, -0.25) is 0 Å². The number of hydrogen-bond acceptors (Lipinski definition) is 9. The second-order valence-electron chi connectivity index (χ2n) is 11.8. The van der Waals surface area contributed by atoms with Crippen LogP contribution < -0.4 is 4.90 Å². The van der Waals surface area contributed by atoms with Gasteiger partial charge in [0.25, 0.3) is 0 Å². The Kier molecular flexibility index (Phi) is 13.3. The largest absolute Gasteiger partial charge is 0.355 e. The SMILES string of the molecule is CN1CCCN(c2ncnc3sccc23)CC1.CN1CCN(C)CC1.CN1CCN(CCCc2ccccc2)CC1. The summed E-state index contributed by atoms with van der Waals surface area (Å²) >= 11 is 1.68. The van der Waals surface area contributed by atoms with Crippen molar-refractivity contribution in [2.24, 2.45) is 0 Å². The molecule has 1 aromatic carbocycles. The Labute approximate surface area is 252 Å². The lowest BCUT2D eigenvalue weighted by Gasteiger charge is -2.32. The van der Waals surface area contributed by atoms with E-state index in [1.165, 1.54) is 95.7 Å². The van der Waals surface area contributed by atoms with Gasteiger partial charge in [-0.15, -0.1) is 11.3 Å². The van der Waals surface area contributed by atoms with Crippen molar-refractivity contribution in [3.63, 3.8) is 0 Å². The van der Waals surface area contributed by atoms with Gasteiger partial charge in [-0.05, 0) is 77.6 Å². The van der Waals surface area contributed by atoms with Gasteiger partial charge in [0.15, 0.2) is 0 Å². The number of nitrogens with zero attached hydrogens (tertiary/aromatic N) is 8. The Morgan fingerprint density at radius 3 is 1.95 bits per heavy atom. The van der Waals surface area contributed by atoms with Crippen LogP contribution in [-0.2, 0) is 6.42 Å². The van der Waals surface area contributed by atoms with E-state index in [4.69, 9.17) is 0 Å². The van der Waals surface area contributed by atoms with Gasteiger partial charge >= 0.3 is 0 Å². The van der Waals surface area contributed by atoms with E-state index in [9.17, 15) is 0 Å². The Balaban J connectivity index is 0.000000151. The van der Waals surface area contributed by atoms with Crippen molar-refractivity contribution in [1.82, 2.24) is 34.5 Å². The molecular weight excluding hydrogens is 528 g/mol. The molecule has 0 spiro atoms. The Morgan fingerprint density at radius 1 is 0.659 bits per heavy atom. The molecule has 3 fully saturated rings. The number of hydrogen-bond donors (Lipinski definition) is 0. The van der Waals surface area contributed by atoms with Crippen LogP contribution in [0.15, 0.2) is 48.1 Å². The van der Waals surface area contributed by atoms with E-state index in [-0.39, 0.29) is 0 Å². The van der Waals surface area contributed by atoms with Crippen LogP contribution in [0.4, 0.5) is 5.82 Å². The van der Waals surface area contributed by atoms with Crippen molar-refractivity contribution >= 4 is 27.4 Å². The number of benzene rings is 1. The van der Waals surface area contributed by atoms with Gasteiger partial charge in [-0.1, -0.05) is 30.3 Å². The molecule has 0 N–H and O–H groups in total. The molecule has 226 valence electrons. The van der Waals surface area contributed by atoms with Crippen molar-refractivity contribution in [1.29, 1.82) is 0 Å². The maximum absolute atomic E-state index is 4.47. The highest BCUT2D eigenvalue weighted by atomic mass is 32.1. The number of rotatable bonds is 5. The highest BCUT2D eigenvalue weighted by molar-refractivity contribution is 7.16. The highest BCUT2D eigenvalue weighted by Crippen LogP contribution is 2.27. The second-order valence-corrected chi connectivity index (χ2v) is 12.7. The van der Waals surface area contributed by atoms with E-state index in [1.807, 2.05) is 0 Å². The third-order valence-corrected chi connectivity index (χ3v) is 9.19. The third kappa shape index (κ3) is 10.9. The first-order chi connectivity index (χ1) is 20.0. The van der Waals surface area contributed by atoms with Crippen LogP contribution in [0.5, 0.6) is 0 Å². The molecule has 3 saturated heterocycles. The van der Waals surface area contributed by atoms with Gasteiger partial charge < -0.3 is 29.4 Å². The Morgan fingerprint density at radius 2 is 1.27 bits per heavy atom. The lowest BCUT2D eigenvalue weighted by molar-refractivity contribution is 0.153. The minimum absolute atomic E-state index is 1.05. The molecule has 41 heavy (non-hydrogen) atoms. The van der Waals surface area contributed by atoms with Crippen molar-refractivity contribution in [2.75, 3.05) is 118 Å². The first kappa shape index (κ1) is 31.8. The zero-order valence-electron chi connectivity index (χ0n) is 25.9. The molecule has 9 heteroatoms. The molecule has 0 aliphatic carbocycles. The Hall–Kier alpha value is -2.14. The smallest absolute Gasteiger partial charge is 0.140 e. The molecule has 0 bridgehead atoms. The van der Waals surface area contributed by atoms with Crippen LogP contribution in [0.2, 0.25) is 0 Å². The highest BCUT2D eigenvalue weighted by Gasteiger charge is 2.16. The fourth-order valence-corrected chi connectivity index (χ4v) is 6.14. The maximum Gasteiger partial charge on any atom is 0.140 e. The van der Waals surface area contributed by atoms with Crippen molar-refractivity contribution in [2.45, 2.75) is 19.3 Å². The summed E-state index contributed by atoms with van der Waals surface area (Å²) in [6.07, 6.45) is 5.38. The van der Waals surface area contributed by atoms with E-state index < -0.39 is 0 Å². The lowest BCUT2D eigenvalue weighted by atomic mass is 10.1. The minimum atomic E-state index is 1.05. The molecule has 3 aliphatic rings. The first-order valence-electron chi connectivity index (χ1n) is 15.4. The first-order valence-corrected chi connectivity index (χ1v) is 16.3.